The Hall–Kier alpha value is -0.870. The van der Waals surface area contributed by atoms with Crippen molar-refractivity contribution >= 4 is 5.91 Å². The maximum Gasteiger partial charge on any atom is 0.225 e. The van der Waals surface area contributed by atoms with Crippen LogP contribution in [0.4, 0.5) is 0 Å². The second-order valence-corrected chi connectivity index (χ2v) is 3.73. The van der Waals surface area contributed by atoms with E-state index in [0.29, 0.717) is 19.5 Å². The van der Waals surface area contributed by atoms with Gasteiger partial charge in [0.1, 0.15) is 0 Å². The first-order chi connectivity index (χ1) is 7.06. The van der Waals surface area contributed by atoms with Gasteiger partial charge < -0.3 is 15.4 Å². The molecule has 0 aliphatic rings. The number of hydrogen-bond acceptors (Lipinski definition) is 3. The third-order valence-electron chi connectivity index (χ3n) is 2.27. The highest BCUT2D eigenvalue weighted by Crippen LogP contribution is 2.05. The maximum atomic E-state index is 11.8. The van der Waals surface area contributed by atoms with Gasteiger partial charge in [0.2, 0.25) is 5.91 Å². The van der Waals surface area contributed by atoms with Crippen molar-refractivity contribution in [2.24, 2.45) is 5.73 Å². The van der Waals surface area contributed by atoms with Gasteiger partial charge in [-0.1, -0.05) is 6.08 Å². The highest BCUT2D eigenvalue weighted by atomic mass is 16.5. The van der Waals surface area contributed by atoms with Crippen LogP contribution >= 0.6 is 0 Å². The first-order valence-corrected chi connectivity index (χ1v) is 5.20. The van der Waals surface area contributed by atoms with E-state index in [2.05, 4.69) is 6.58 Å². The lowest BCUT2D eigenvalue weighted by molar-refractivity contribution is -0.134. The SMILES string of the molecule is C=CCN(C(=O)CC(CN)OC)C(C)C. The van der Waals surface area contributed by atoms with Crippen LogP contribution in [0.3, 0.4) is 0 Å². The van der Waals surface area contributed by atoms with Crippen LogP contribution in [0.1, 0.15) is 20.3 Å². The molecule has 0 spiro atoms. The van der Waals surface area contributed by atoms with Gasteiger partial charge in [-0.05, 0) is 13.8 Å². The smallest absolute Gasteiger partial charge is 0.225 e. The van der Waals surface area contributed by atoms with E-state index < -0.39 is 0 Å². The Balaban J connectivity index is 4.30. The second kappa shape index (κ2) is 7.43. The van der Waals surface area contributed by atoms with Crippen molar-refractivity contribution in [1.82, 2.24) is 4.90 Å². The second-order valence-electron chi connectivity index (χ2n) is 3.73. The van der Waals surface area contributed by atoms with Crippen molar-refractivity contribution in [1.29, 1.82) is 0 Å². The number of nitrogens with zero attached hydrogens (tertiary/aromatic N) is 1. The predicted molar refractivity (Wildman–Crippen MR) is 61.5 cm³/mol. The highest BCUT2D eigenvalue weighted by Gasteiger charge is 2.19. The van der Waals surface area contributed by atoms with Crippen LogP contribution in [0.25, 0.3) is 0 Å². The summed E-state index contributed by atoms with van der Waals surface area (Å²) in [5.41, 5.74) is 5.47. The normalized spacial score (nSPS) is 12.6. The van der Waals surface area contributed by atoms with Crippen molar-refractivity contribution < 1.29 is 9.53 Å². The molecule has 88 valence electrons. The van der Waals surface area contributed by atoms with Crippen LogP contribution < -0.4 is 5.73 Å². The van der Waals surface area contributed by atoms with E-state index in [1.807, 2.05) is 13.8 Å². The van der Waals surface area contributed by atoms with Crippen LogP contribution in [-0.4, -0.2) is 43.2 Å². The molecule has 1 amide bonds. The van der Waals surface area contributed by atoms with Crippen molar-refractivity contribution in [2.75, 3.05) is 20.2 Å². The minimum Gasteiger partial charge on any atom is -0.380 e. The number of nitrogens with two attached hydrogens (primary N) is 1. The van der Waals surface area contributed by atoms with Gasteiger partial charge >= 0.3 is 0 Å². The molecule has 2 N–H and O–H groups in total. The van der Waals surface area contributed by atoms with E-state index in [1.54, 1.807) is 18.1 Å². The number of ether oxygens (including phenoxy) is 1. The topological polar surface area (TPSA) is 55.6 Å². The standard InChI is InChI=1S/C11H22N2O2/c1-5-6-13(9(2)3)11(14)7-10(8-12)15-4/h5,9-10H,1,6-8,12H2,2-4H3. The van der Waals surface area contributed by atoms with Crippen LogP contribution in [0.5, 0.6) is 0 Å². The minimum absolute atomic E-state index is 0.0576. The van der Waals surface area contributed by atoms with Crippen molar-refractivity contribution in [3.8, 4) is 0 Å². The number of carbonyl (C=O) groups excluding carboxylic acids is 1. The molecular weight excluding hydrogens is 192 g/mol. The van der Waals surface area contributed by atoms with E-state index in [4.69, 9.17) is 10.5 Å². The molecule has 0 aromatic carbocycles. The highest BCUT2D eigenvalue weighted by molar-refractivity contribution is 5.77. The van der Waals surface area contributed by atoms with Crippen LogP contribution in [0.2, 0.25) is 0 Å². The van der Waals surface area contributed by atoms with E-state index >= 15 is 0 Å². The molecule has 1 atom stereocenters. The van der Waals surface area contributed by atoms with Crippen molar-refractivity contribution in [3.63, 3.8) is 0 Å². The summed E-state index contributed by atoms with van der Waals surface area (Å²) in [5.74, 6) is 0.0576. The third kappa shape index (κ3) is 4.95. The molecule has 0 radical (unpaired) electrons. The minimum atomic E-state index is -0.191. The summed E-state index contributed by atoms with van der Waals surface area (Å²) >= 11 is 0. The summed E-state index contributed by atoms with van der Waals surface area (Å²) in [6.07, 6.45) is 1.87. The monoisotopic (exact) mass is 214 g/mol. The summed E-state index contributed by atoms with van der Waals surface area (Å²) in [4.78, 5) is 13.6. The fourth-order valence-electron chi connectivity index (χ4n) is 1.31. The lowest BCUT2D eigenvalue weighted by Gasteiger charge is -2.26. The molecule has 0 aromatic heterocycles. The third-order valence-corrected chi connectivity index (χ3v) is 2.27. The molecule has 0 fully saturated rings. The van der Waals surface area contributed by atoms with E-state index in [1.165, 1.54) is 0 Å². The zero-order valence-electron chi connectivity index (χ0n) is 9.90. The number of methoxy groups -OCH3 is 1. The Bertz CT molecular complexity index is 201. The van der Waals surface area contributed by atoms with Gasteiger partial charge in [0.15, 0.2) is 0 Å². The average molecular weight is 214 g/mol. The molecule has 0 aromatic rings. The van der Waals surface area contributed by atoms with Gasteiger partial charge in [0.25, 0.3) is 0 Å². The lowest BCUT2D eigenvalue weighted by Crippen LogP contribution is -2.40. The summed E-state index contributed by atoms with van der Waals surface area (Å²) in [6, 6.07) is 0.172. The molecule has 0 heterocycles. The zero-order valence-corrected chi connectivity index (χ0v) is 9.90. The molecule has 0 bridgehead atoms. The first-order valence-electron chi connectivity index (χ1n) is 5.20. The van der Waals surface area contributed by atoms with Gasteiger partial charge in [0, 0.05) is 26.2 Å². The molecule has 4 nitrogen and oxygen atoms in total. The first kappa shape index (κ1) is 14.1. The van der Waals surface area contributed by atoms with Gasteiger partial charge in [-0.25, -0.2) is 0 Å². The van der Waals surface area contributed by atoms with E-state index in [-0.39, 0.29) is 18.1 Å². The molecule has 0 saturated carbocycles. The number of hydrogen-bond donors (Lipinski definition) is 1. The molecule has 0 rings (SSSR count). The number of amides is 1. The summed E-state index contributed by atoms with van der Waals surface area (Å²) in [5, 5.41) is 0. The fraction of sp³-hybridized carbons (Fsp3) is 0.727. The van der Waals surface area contributed by atoms with Gasteiger partial charge in [-0.3, -0.25) is 4.79 Å². The van der Waals surface area contributed by atoms with Gasteiger partial charge in [-0.2, -0.15) is 0 Å². The van der Waals surface area contributed by atoms with Crippen LogP contribution in [0.15, 0.2) is 12.7 Å². The molecule has 15 heavy (non-hydrogen) atoms. The predicted octanol–water partition coefficient (Wildman–Crippen LogP) is 0.773. The summed E-state index contributed by atoms with van der Waals surface area (Å²) < 4.78 is 5.08. The Morgan fingerprint density at radius 3 is 2.53 bits per heavy atom. The molecular formula is C11H22N2O2. The maximum absolute atomic E-state index is 11.8. The molecule has 0 saturated heterocycles. The lowest BCUT2D eigenvalue weighted by atomic mass is 10.2. The van der Waals surface area contributed by atoms with Crippen LogP contribution in [0, 0.1) is 0 Å². The number of carbonyl (C=O) groups is 1. The zero-order chi connectivity index (χ0) is 11.8. The number of rotatable bonds is 7. The Kier molecular flexibility index (Phi) is 6.99. The largest absolute Gasteiger partial charge is 0.380 e. The Morgan fingerprint density at radius 1 is 1.60 bits per heavy atom. The van der Waals surface area contributed by atoms with Gasteiger partial charge in [-0.15, -0.1) is 6.58 Å². The Morgan fingerprint density at radius 2 is 2.20 bits per heavy atom. The molecule has 4 heteroatoms. The Labute approximate surface area is 92.1 Å². The quantitative estimate of drug-likeness (QED) is 0.637. The van der Waals surface area contributed by atoms with Crippen molar-refractivity contribution in [2.45, 2.75) is 32.4 Å². The van der Waals surface area contributed by atoms with Crippen LogP contribution in [-0.2, 0) is 9.53 Å². The average Bonchev–Trinajstić information content (AvgIpc) is 2.21. The van der Waals surface area contributed by atoms with Crippen molar-refractivity contribution in [3.05, 3.63) is 12.7 Å². The molecule has 0 aliphatic heterocycles. The van der Waals surface area contributed by atoms with Gasteiger partial charge in [0.05, 0.1) is 12.5 Å². The molecule has 1 unspecified atom stereocenters. The van der Waals surface area contributed by atoms with E-state index in [9.17, 15) is 4.79 Å². The summed E-state index contributed by atoms with van der Waals surface area (Å²) in [7, 11) is 1.57. The molecule has 0 aliphatic carbocycles. The fourth-order valence-corrected chi connectivity index (χ4v) is 1.31. The summed E-state index contributed by atoms with van der Waals surface area (Å²) in [6.45, 7) is 8.52. The van der Waals surface area contributed by atoms with E-state index in [0.717, 1.165) is 0 Å².